The number of benzene rings is 4. The SMILES string of the molecule is C.Cc1ccc(-c2ccc(C(F)(F)[C@@](O)(CO)c3ccc(C)cc3F)nc2)cc1.Cc1ccc(-c2ccc(C(F)(F)[C@](O)(CO)c3ccc(F)cc3F)nc2)cc1. The van der Waals surface area contributed by atoms with Crippen molar-refractivity contribution in [3.8, 4) is 22.3 Å². The Kier molecular flexibility index (Phi) is 13.5. The summed E-state index contributed by atoms with van der Waals surface area (Å²) in [6.07, 6.45) is 2.46. The second-order valence-electron chi connectivity index (χ2n) is 13.4. The van der Waals surface area contributed by atoms with Crippen molar-refractivity contribution in [3.63, 3.8) is 0 Å². The lowest BCUT2D eigenvalue weighted by atomic mass is 9.85. The molecule has 0 unspecified atom stereocenters. The van der Waals surface area contributed by atoms with Gasteiger partial charge in [-0.05, 0) is 67.8 Å². The first-order chi connectivity index (χ1) is 26.4. The molecule has 300 valence electrons. The third-order valence-electron chi connectivity index (χ3n) is 9.38. The zero-order valence-electron chi connectivity index (χ0n) is 30.3. The zero-order chi connectivity index (χ0) is 41.1. The summed E-state index contributed by atoms with van der Waals surface area (Å²) in [6.45, 7) is 2.57. The topological polar surface area (TPSA) is 107 Å². The van der Waals surface area contributed by atoms with Gasteiger partial charge in [0.1, 0.15) is 28.8 Å². The van der Waals surface area contributed by atoms with Gasteiger partial charge in [0.25, 0.3) is 0 Å². The third kappa shape index (κ3) is 8.76. The molecule has 0 spiro atoms. The average Bonchev–Trinajstić information content (AvgIpc) is 3.18. The summed E-state index contributed by atoms with van der Waals surface area (Å²) >= 11 is 0. The third-order valence-corrected chi connectivity index (χ3v) is 9.38. The number of aliphatic hydroxyl groups is 4. The molecule has 0 aliphatic rings. The maximum Gasteiger partial charge on any atom is 0.324 e. The molecule has 2 heterocycles. The van der Waals surface area contributed by atoms with E-state index in [-0.39, 0.29) is 7.43 Å². The van der Waals surface area contributed by atoms with Crippen LogP contribution in [0.4, 0.5) is 30.7 Å². The minimum Gasteiger partial charge on any atom is -0.393 e. The van der Waals surface area contributed by atoms with Gasteiger partial charge in [-0.3, -0.25) is 9.97 Å². The van der Waals surface area contributed by atoms with Gasteiger partial charge in [-0.1, -0.05) is 91.3 Å². The largest absolute Gasteiger partial charge is 0.393 e. The Hall–Kier alpha value is -5.47. The summed E-state index contributed by atoms with van der Waals surface area (Å²) < 4.78 is 102. The van der Waals surface area contributed by atoms with Crippen LogP contribution in [0.25, 0.3) is 22.3 Å². The summed E-state index contributed by atoms with van der Waals surface area (Å²) in [6, 6.07) is 24.9. The first kappa shape index (κ1) is 44.2. The molecule has 57 heavy (non-hydrogen) atoms. The maximum absolute atomic E-state index is 15.1. The number of aromatic nitrogens is 2. The molecule has 0 aliphatic heterocycles. The Morgan fingerprint density at radius 1 is 0.474 bits per heavy atom. The summed E-state index contributed by atoms with van der Waals surface area (Å²) in [7, 11) is 0. The van der Waals surface area contributed by atoms with Gasteiger partial charge >= 0.3 is 11.8 Å². The van der Waals surface area contributed by atoms with Crippen molar-refractivity contribution in [3.05, 3.63) is 178 Å². The van der Waals surface area contributed by atoms with Gasteiger partial charge in [0.2, 0.25) is 0 Å². The lowest BCUT2D eigenvalue weighted by molar-refractivity contribution is -0.216. The van der Waals surface area contributed by atoms with E-state index in [0.717, 1.165) is 52.6 Å². The van der Waals surface area contributed by atoms with Crippen LogP contribution in [0.15, 0.2) is 122 Å². The molecule has 0 bridgehead atoms. The highest BCUT2D eigenvalue weighted by Crippen LogP contribution is 2.47. The van der Waals surface area contributed by atoms with E-state index < -0.39 is 76.2 Å². The Bertz CT molecular complexity index is 2110. The molecular formula is C44H41F7N2O4. The lowest BCUT2D eigenvalue weighted by Crippen LogP contribution is -2.47. The normalized spacial score (nSPS) is 13.7. The predicted octanol–water partition coefficient (Wildman–Crippen LogP) is 9.42. The number of hydrogen-bond donors (Lipinski definition) is 4. The summed E-state index contributed by atoms with van der Waals surface area (Å²) in [4.78, 5) is 7.51. The van der Waals surface area contributed by atoms with Crippen molar-refractivity contribution < 1.29 is 51.2 Å². The summed E-state index contributed by atoms with van der Waals surface area (Å²) in [5.74, 6) is -11.6. The van der Waals surface area contributed by atoms with Crippen molar-refractivity contribution in [2.75, 3.05) is 13.2 Å². The molecule has 13 heteroatoms. The van der Waals surface area contributed by atoms with E-state index in [1.165, 1.54) is 30.6 Å². The molecule has 0 fully saturated rings. The minimum absolute atomic E-state index is 0. The van der Waals surface area contributed by atoms with Crippen LogP contribution in [0.1, 0.15) is 46.6 Å². The number of pyridine rings is 2. The molecule has 6 nitrogen and oxygen atoms in total. The van der Waals surface area contributed by atoms with Gasteiger partial charge in [-0.25, -0.2) is 13.2 Å². The molecule has 0 saturated heterocycles. The first-order valence-electron chi connectivity index (χ1n) is 17.1. The molecule has 4 aromatic carbocycles. The predicted molar refractivity (Wildman–Crippen MR) is 203 cm³/mol. The second kappa shape index (κ2) is 17.3. The van der Waals surface area contributed by atoms with E-state index in [2.05, 4.69) is 9.97 Å². The molecule has 0 amide bonds. The number of aliphatic hydroxyl groups excluding tert-OH is 2. The second-order valence-corrected chi connectivity index (χ2v) is 13.4. The first-order valence-corrected chi connectivity index (χ1v) is 17.1. The average molecular weight is 795 g/mol. The van der Waals surface area contributed by atoms with Gasteiger partial charge in [-0.15, -0.1) is 0 Å². The number of nitrogens with zero attached hydrogens (tertiary/aromatic N) is 2. The highest BCUT2D eigenvalue weighted by Gasteiger charge is 2.58. The molecule has 4 N–H and O–H groups in total. The number of rotatable bonds is 10. The Labute approximate surface area is 325 Å². The van der Waals surface area contributed by atoms with Crippen molar-refractivity contribution in [1.29, 1.82) is 0 Å². The molecule has 6 aromatic rings. The van der Waals surface area contributed by atoms with Crippen LogP contribution in [-0.2, 0) is 23.0 Å². The monoisotopic (exact) mass is 794 g/mol. The number of halogens is 7. The maximum atomic E-state index is 15.1. The van der Waals surface area contributed by atoms with Crippen LogP contribution in [-0.4, -0.2) is 43.6 Å². The highest BCUT2D eigenvalue weighted by atomic mass is 19.3. The lowest BCUT2D eigenvalue weighted by Gasteiger charge is -2.34. The number of aryl methyl sites for hydroxylation is 3. The van der Waals surface area contributed by atoms with Gasteiger partial charge in [0.15, 0.2) is 11.2 Å². The van der Waals surface area contributed by atoms with Crippen LogP contribution in [0, 0.1) is 38.2 Å². The summed E-state index contributed by atoms with van der Waals surface area (Å²) in [5, 5.41) is 40.1. The molecule has 0 radical (unpaired) electrons. The molecule has 0 aliphatic carbocycles. The molecule has 2 atom stereocenters. The minimum atomic E-state index is -4.15. The molecule has 2 aromatic heterocycles. The Morgan fingerprint density at radius 3 is 1.16 bits per heavy atom. The van der Waals surface area contributed by atoms with Gasteiger partial charge in [0, 0.05) is 40.7 Å². The number of hydrogen-bond acceptors (Lipinski definition) is 6. The fourth-order valence-electron chi connectivity index (χ4n) is 5.90. The zero-order valence-corrected chi connectivity index (χ0v) is 30.3. The van der Waals surface area contributed by atoms with E-state index in [0.29, 0.717) is 28.8 Å². The van der Waals surface area contributed by atoms with Gasteiger partial charge < -0.3 is 20.4 Å². The van der Waals surface area contributed by atoms with E-state index in [9.17, 15) is 33.6 Å². The summed E-state index contributed by atoms with van der Waals surface area (Å²) in [5.41, 5.74) is -4.35. The highest BCUT2D eigenvalue weighted by molar-refractivity contribution is 5.63. The number of alkyl halides is 4. The van der Waals surface area contributed by atoms with E-state index in [1.54, 1.807) is 6.92 Å². The van der Waals surface area contributed by atoms with E-state index in [1.807, 2.05) is 62.4 Å². The van der Waals surface area contributed by atoms with Crippen molar-refractivity contribution in [2.45, 2.75) is 51.2 Å². The van der Waals surface area contributed by atoms with Crippen molar-refractivity contribution in [2.24, 2.45) is 0 Å². The fourth-order valence-corrected chi connectivity index (χ4v) is 5.90. The quantitative estimate of drug-likeness (QED) is 0.103. The molecule has 6 rings (SSSR count). The Balaban J connectivity index is 0.000000248. The van der Waals surface area contributed by atoms with Crippen molar-refractivity contribution in [1.82, 2.24) is 9.97 Å². The van der Waals surface area contributed by atoms with Crippen LogP contribution in [0.2, 0.25) is 0 Å². The van der Waals surface area contributed by atoms with Crippen LogP contribution < -0.4 is 0 Å². The van der Waals surface area contributed by atoms with E-state index >= 15 is 17.6 Å². The Morgan fingerprint density at radius 2 is 0.825 bits per heavy atom. The van der Waals surface area contributed by atoms with Crippen LogP contribution in [0.5, 0.6) is 0 Å². The molecular weight excluding hydrogens is 753 g/mol. The fraction of sp³-hybridized carbons (Fsp3) is 0.227. The molecule has 0 saturated carbocycles. The standard InChI is InChI=1S/C22H20F3NO2.C21H17F4NO2.CH4/c1-14-3-6-16(7-4-14)17-8-10-20(26-12-17)22(24,25)21(28,13-27)18-9-5-15(2)11-19(18)23;1-13-2-4-14(5-3-13)15-6-9-19(26-11-15)21(24,25)20(28,12-27)17-8-7-16(22)10-18(17)23;/h3-12,27-28H,13H2,1-2H3;2-11,27-28H,12H2,1H3;1H4/t21-;20-;/m10./s1. The van der Waals surface area contributed by atoms with Gasteiger partial charge in [0.05, 0.1) is 13.2 Å². The smallest absolute Gasteiger partial charge is 0.324 e. The van der Waals surface area contributed by atoms with E-state index in [4.69, 9.17) is 0 Å². The van der Waals surface area contributed by atoms with Gasteiger partial charge in [-0.2, -0.15) is 17.6 Å². The van der Waals surface area contributed by atoms with Crippen LogP contribution >= 0.6 is 0 Å². The van der Waals surface area contributed by atoms with Crippen molar-refractivity contribution >= 4 is 0 Å². The van der Waals surface area contributed by atoms with Crippen LogP contribution in [0.3, 0.4) is 0 Å².